The van der Waals surface area contributed by atoms with Crippen LogP contribution in [-0.4, -0.2) is 15.3 Å². The van der Waals surface area contributed by atoms with Crippen molar-refractivity contribution in [3.63, 3.8) is 0 Å². The molecule has 0 aromatic heterocycles. The minimum absolute atomic E-state index is 0.250. The molecule has 5 nitrogen and oxygen atoms in total. The molecule has 10 heavy (non-hydrogen) atoms. The summed E-state index contributed by atoms with van der Waals surface area (Å²) in [4.78, 5) is 22.9. The van der Waals surface area contributed by atoms with Gasteiger partial charge < -0.3 is 20.4 Å². The first-order chi connectivity index (χ1) is 4.00. The van der Waals surface area contributed by atoms with E-state index in [0.717, 1.165) is 0 Å². The highest BCUT2D eigenvalue weighted by molar-refractivity contribution is 7.43. The molecule has 0 saturated heterocycles. The van der Waals surface area contributed by atoms with Crippen LogP contribution in [0.25, 0.3) is 0 Å². The van der Waals surface area contributed by atoms with Gasteiger partial charge in [0.2, 0.25) is 0 Å². The zero-order valence-corrected chi connectivity index (χ0v) is 7.26. The van der Waals surface area contributed by atoms with Gasteiger partial charge in [-0.15, -0.1) is 0 Å². The van der Waals surface area contributed by atoms with Crippen molar-refractivity contribution >= 4 is 7.82 Å². The highest BCUT2D eigenvalue weighted by Crippen LogP contribution is 2.18. The first kappa shape index (κ1) is 12.7. The van der Waals surface area contributed by atoms with E-state index in [2.05, 4.69) is 26.5 Å². The lowest BCUT2D eigenvalue weighted by Crippen LogP contribution is -2.67. The molecule has 0 aromatic carbocycles. The maximum atomic E-state index is 8.77. The molecule has 6 heteroatoms. The van der Waals surface area contributed by atoms with Crippen molar-refractivity contribution in [2.45, 2.75) is 26.3 Å². The zero-order valence-electron chi connectivity index (χ0n) is 6.37. The first-order valence-electron chi connectivity index (χ1n) is 2.62. The summed E-state index contributed by atoms with van der Waals surface area (Å²) in [5.41, 5.74) is 4.02. The van der Waals surface area contributed by atoms with Crippen molar-refractivity contribution in [2.75, 3.05) is 0 Å². The van der Waals surface area contributed by atoms with Gasteiger partial charge in [0.25, 0.3) is 7.82 Å². The summed E-state index contributed by atoms with van der Waals surface area (Å²) in [6, 6.07) is 0. The fourth-order valence-electron chi connectivity index (χ4n) is 0. The summed E-state index contributed by atoms with van der Waals surface area (Å²) < 4.78 is 8.77. The largest absolute Gasteiger partial charge is 0.756 e. The molecule has 0 spiro atoms. The Morgan fingerprint density at radius 1 is 1.40 bits per heavy atom. The molecule has 0 fully saturated rings. The van der Waals surface area contributed by atoms with Crippen LogP contribution in [0.5, 0.6) is 0 Å². The molecular formula is C4H14NO4P. The number of hydrogen-bond acceptors (Lipinski definition) is 2. The van der Waals surface area contributed by atoms with Crippen LogP contribution in [0.4, 0.5) is 0 Å². The lowest BCUT2D eigenvalue weighted by Gasteiger charge is -2.01. The van der Waals surface area contributed by atoms with E-state index in [9.17, 15) is 0 Å². The Hall–Kier alpha value is 0.0700. The highest BCUT2D eigenvalue weighted by Gasteiger charge is 2.00. The van der Waals surface area contributed by atoms with Crippen molar-refractivity contribution in [3.05, 3.63) is 0 Å². The third kappa shape index (κ3) is 82300. The van der Waals surface area contributed by atoms with E-state index in [-0.39, 0.29) is 5.54 Å². The fraction of sp³-hybridized carbons (Fsp3) is 1.00. The Balaban J connectivity index is 0. The van der Waals surface area contributed by atoms with Gasteiger partial charge >= 0.3 is 0 Å². The first-order valence-corrected chi connectivity index (χ1v) is 4.15. The molecule has 0 bridgehead atoms. The predicted octanol–water partition coefficient (Wildman–Crippen LogP) is -1.53. The molecule has 5 N–H and O–H groups in total. The second-order valence-corrected chi connectivity index (χ2v) is 4.03. The molecule has 0 aromatic rings. The van der Waals surface area contributed by atoms with Crippen LogP contribution in [-0.2, 0) is 4.57 Å². The third-order valence-electron chi connectivity index (χ3n) is 0. The quantitative estimate of drug-likeness (QED) is 0.384. The minimum Gasteiger partial charge on any atom is -0.756 e. The normalized spacial score (nSPS) is 11.9. The van der Waals surface area contributed by atoms with Gasteiger partial charge in [-0.2, -0.15) is 0 Å². The summed E-state index contributed by atoms with van der Waals surface area (Å²) in [6.45, 7) is 6.23. The highest BCUT2D eigenvalue weighted by atomic mass is 31.2. The molecule has 0 unspecified atom stereocenters. The Labute approximate surface area is 60.1 Å². The van der Waals surface area contributed by atoms with E-state index >= 15 is 0 Å². The predicted molar refractivity (Wildman–Crippen MR) is 34.7 cm³/mol. The molecule has 0 atom stereocenters. The van der Waals surface area contributed by atoms with Gasteiger partial charge in [-0.1, -0.05) is 0 Å². The van der Waals surface area contributed by atoms with Gasteiger partial charge in [-0.3, -0.25) is 4.57 Å². The average Bonchev–Trinajstić information content (AvgIpc) is 1.12. The van der Waals surface area contributed by atoms with Crippen LogP contribution in [0.1, 0.15) is 20.8 Å². The fourth-order valence-corrected chi connectivity index (χ4v) is 0. The minimum atomic E-state index is -4.89. The Morgan fingerprint density at radius 3 is 1.40 bits per heavy atom. The summed E-state index contributed by atoms with van der Waals surface area (Å²) in [6.07, 6.45) is 0. The molecule has 0 amide bonds. The molecule has 64 valence electrons. The van der Waals surface area contributed by atoms with Crippen LogP contribution in [0.15, 0.2) is 0 Å². The monoisotopic (exact) mass is 171 g/mol. The SMILES string of the molecule is CC(C)(C)[NH3+].O=P([O-])(O)O. The molecule has 0 rings (SSSR count). The Morgan fingerprint density at radius 2 is 1.40 bits per heavy atom. The maximum absolute atomic E-state index is 8.77. The van der Waals surface area contributed by atoms with Crippen molar-refractivity contribution < 1.29 is 25.0 Å². The van der Waals surface area contributed by atoms with Gasteiger partial charge in [0.05, 0.1) is 5.54 Å². The van der Waals surface area contributed by atoms with Crippen LogP contribution in [0.2, 0.25) is 0 Å². The molecule has 0 aliphatic carbocycles. The standard InChI is InChI=1S/C4H11N.H3O4P/c1-4(2,3)5;1-5(2,3)4/h5H2,1-3H3;(H3,1,2,3,4). The van der Waals surface area contributed by atoms with Gasteiger partial charge in [-0.25, -0.2) is 0 Å². The van der Waals surface area contributed by atoms with Crippen molar-refractivity contribution in [1.29, 1.82) is 0 Å². The topological polar surface area (TPSA) is 108 Å². The Bertz CT molecular complexity index is 109. The molecule has 0 heterocycles. The summed E-state index contributed by atoms with van der Waals surface area (Å²) in [5, 5.41) is 0. The van der Waals surface area contributed by atoms with Crippen molar-refractivity contribution in [1.82, 2.24) is 0 Å². The van der Waals surface area contributed by atoms with Crippen molar-refractivity contribution in [2.24, 2.45) is 0 Å². The van der Waals surface area contributed by atoms with Crippen LogP contribution < -0.4 is 10.6 Å². The van der Waals surface area contributed by atoms with E-state index in [1.807, 2.05) is 0 Å². The molecule has 0 aliphatic rings. The summed E-state index contributed by atoms with van der Waals surface area (Å²) >= 11 is 0. The summed E-state index contributed by atoms with van der Waals surface area (Å²) in [5.74, 6) is 0. The second-order valence-electron chi connectivity index (χ2n) is 3.05. The van der Waals surface area contributed by atoms with Crippen LogP contribution >= 0.6 is 7.82 Å². The van der Waals surface area contributed by atoms with Gasteiger partial charge in [0.1, 0.15) is 0 Å². The smallest absolute Gasteiger partial charge is 0.262 e. The number of rotatable bonds is 0. The van der Waals surface area contributed by atoms with E-state index in [1.165, 1.54) is 0 Å². The average molecular weight is 171 g/mol. The van der Waals surface area contributed by atoms with Gasteiger partial charge in [0.15, 0.2) is 0 Å². The van der Waals surface area contributed by atoms with Crippen molar-refractivity contribution in [3.8, 4) is 0 Å². The number of phosphoric acid groups is 1. The summed E-state index contributed by atoms with van der Waals surface area (Å²) in [7, 11) is -4.89. The van der Waals surface area contributed by atoms with E-state index in [1.54, 1.807) is 0 Å². The molecular weight excluding hydrogens is 157 g/mol. The zero-order chi connectivity index (χ0) is 9.00. The van der Waals surface area contributed by atoms with E-state index < -0.39 is 7.82 Å². The van der Waals surface area contributed by atoms with Gasteiger partial charge in [0, 0.05) is 0 Å². The second kappa shape index (κ2) is 4.05. The number of quaternary nitrogens is 1. The lowest BCUT2D eigenvalue weighted by molar-refractivity contribution is -0.458. The van der Waals surface area contributed by atoms with Crippen LogP contribution in [0.3, 0.4) is 0 Å². The number of hydrogen-bond donors (Lipinski definition) is 3. The lowest BCUT2D eigenvalue weighted by atomic mass is 10.1. The van der Waals surface area contributed by atoms with E-state index in [4.69, 9.17) is 19.2 Å². The Kier molecular flexibility index (Phi) is 5.16. The van der Waals surface area contributed by atoms with Crippen LogP contribution in [0, 0.1) is 0 Å². The molecule has 0 saturated carbocycles. The molecule has 0 aliphatic heterocycles. The maximum Gasteiger partial charge on any atom is 0.262 e. The third-order valence-corrected chi connectivity index (χ3v) is 0. The van der Waals surface area contributed by atoms with Gasteiger partial charge in [-0.05, 0) is 20.8 Å². The molecule has 0 radical (unpaired) electrons. The van der Waals surface area contributed by atoms with E-state index in [0.29, 0.717) is 0 Å².